The molecule has 0 atom stereocenters. The molecule has 5 N–H and O–H groups in total. The van der Waals surface area contributed by atoms with Crippen molar-refractivity contribution in [1.82, 2.24) is 5.32 Å². The maximum atomic E-state index is 10.4. The molecule has 0 unspecified atom stereocenters. The minimum atomic E-state index is -0.432. The van der Waals surface area contributed by atoms with E-state index in [0.29, 0.717) is 0 Å². The molecule has 0 fully saturated rings. The van der Waals surface area contributed by atoms with Crippen molar-refractivity contribution < 1.29 is 28.0 Å². The fourth-order valence-corrected chi connectivity index (χ4v) is 3.10. The van der Waals surface area contributed by atoms with Crippen molar-refractivity contribution in [3.8, 4) is 0 Å². The van der Waals surface area contributed by atoms with E-state index in [1.165, 1.54) is 76.2 Å². The highest BCUT2D eigenvalue weighted by Crippen LogP contribution is 2.11. The molecule has 0 bridgehead atoms. The van der Waals surface area contributed by atoms with Gasteiger partial charge in [-0.1, -0.05) is 108 Å². The number of amides is 1. The number of nitrogens with two attached hydrogens (primary N) is 1. The van der Waals surface area contributed by atoms with Crippen LogP contribution < -0.4 is 23.0 Å². The van der Waals surface area contributed by atoms with Gasteiger partial charge >= 0.3 is 5.37 Å². The predicted molar refractivity (Wildman–Crippen MR) is 122 cm³/mol. The second-order valence-corrected chi connectivity index (χ2v) is 7.53. The molecule has 0 aliphatic rings. The standard InChI is InChI=1S/C15H30ClNO.C8H11N.ClH.H2O/c1-2-3-4-5-6-7-8-9-10-11-12-13-14-17-15(16)18;1-9-7-8-5-3-2-4-6-8;;/h2-14H2,1H3,(H,17,18);2-6,9H,7H2,1H3;1H;1H2. The molecule has 1 rings (SSSR count). The third-order valence-electron chi connectivity index (χ3n) is 4.58. The van der Waals surface area contributed by atoms with Gasteiger partial charge in [0, 0.05) is 12.1 Å². The first-order valence-electron chi connectivity index (χ1n) is 11.0. The van der Waals surface area contributed by atoms with Gasteiger partial charge in [-0.05, 0) is 18.0 Å². The Morgan fingerprint density at radius 2 is 1.31 bits per heavy atom. The lowest BCUT2D eigenvalue weighted by Crippen LogP contribution is -3.00. The molecule has 4 nitrogen and oxygen atoms in total. The van der Waals surface area contributed by atoms with Crippen molar-refractivity contribution in [3.05, 3.63) is 35.9 Å². The topological polar surface area (TPSA) is 77.2 Å². The molecule has 0 heterocycles. The SMILES string of the molecule is CCCCCCCCCCCCCCNC(=O)Cl.C[NH2+]Cc1ccccc1.O.[Cl-]. The van der Waals surface area contributed by atoms with Crippen LogP contribution in [-0.2, 0) is 6.54 Å². The van der Waals surface area contributed by atoms with Gasteiger partial charge in [-0.15, -0.1) is 0 Å². The predicted octanol–water partition coefficient (Wildman–Crippen LogP) is 2.20. The minimum absolute atomic E-state index is 0. The number of nitrogens with one attached hydrogen (secondary N) is 1. The monoisotopic (exact) mass is 450 g/mol. The Kier molecular flexibility index (Phi) is 30.8. The van der Waals surface area contributed by atoms with E-state index in [1.807, 2.05) is 6.07 Å². The maximum Gasteiger partial charge on any atom is 0.313 e. The fourth-order valence-electron chi connectivity index (χ4n) is 3.00. The van der Waals surface area contributed by atoms with Crippen LogP contribution >= 0.6 is 11.6 Å². The molecule has 0 radical (unpaired) electrons. The molecule has 0 aliphatic carbocycles. The largest absolute Gasteiger partial charge is 1.00 e. The maximum absolute atomic E-state index is 10.4. The first kappa shape index (κ1) is 32.8. The molecule has 0 aliphatic heterocycles. The van der Waals surface area contributed by atoms with E-state index >= 15 is 0 Å². The van der Waals surface area contributed by atoms with Crippen LogP contribution in [0.3, 0.4) is 0 Å². The number of quaternary nitrogens is 1. The Bertz CT molecular complexity index is 434. The lowest BCUT2D eigenvalue weighted by atomic mass is 10.1. The fraction of sp³-hybridized carbons (Fsp3) is 0.696. The molecular formula is C23H44Cl2N2O2. The Labute approximate surface area is 190 Å². The Morgan fingerprint density at radius 3 is 1.72 bits per heavy atom. The number of carbonyl (C=O) groups excluding carboxylic acids is 1. The molecule has 172 valence electrons. The van der Waals surface area contributed by atoms with E-state index in [4.69, 9.17) is 11.6 Å². The van der Waals surface area contributed by atoms with E-state index in [0.717, 1.165) is 19.5 Å². The van der Waals surface area contributed by atoms with Crippen molar-refractivity contribution in [2.75, 3.05) is 13.6 Å². The van der Waals surface area contributed by atoms with Crippen LogP contribution in [0.5, 0.6) is 0 Å². The molecule has 1 aromatic carbocycles. The highest BCUT2D eigenvalue weighted by atomic mass is 35.5. The summed E-state index contributed by atoms with van der Waals surface area (Å²) in [5, 5.41) is 4.34. The number of benzene rings is 1. The highest BCUT2D eigenvalue weighted by molar-refractivity contribution is 6.62. The second kappa shape index (κ2) is 27.2. The van der Waals surface area contributed by atoms with Crippen molar-refractivity contribution in [2.45, 2.75) is 90.5 Å². The molecule has 1 aromatic rings. The summed E-state index contributed by atoms with van der Waals surface area (Å²) in [7, 11) is 2.08. The van der Waals surface area contributed by atoms with Gasteiger partial charge in [-0.3, -0.25) is 4.79 Å². The zero-order valence-electron chi connectivity index (χ0n) is 18.5. The van der Waals surface area contributed by atoms with Crippen molar-refractivity contribution in [1.29, 1.82) is 0 Å². The molecule has 0 aromatic heterocycles. The van der Waals surface area contributed by atoms with E-state index in [-0.39, 0.29) is 17.9 Å². The van der Waals surface area contributed by atoms with Gasteiger partial charge < -0.3 is 28.5 Å². The van der Waals surface area contributed by atoms with E-state index in [9.17, 15) is 4.79 Å². The van der Waals surface area contributed by atoms with Gasteiger partial charge in [0.05, 0.1) is 7.05 Å². The molecule has 0 saturated heterocycles. The van der Waals surface area contributed by atoms with E-state index in [2.05, 4.69) is 48.9 Å². The smallest absolute Gasteiger partial charge is 0.313 e. The zero-order chi connectivity index (χ0) is 20.0. The van der Waals surface area contributed by atoms with Crippen molar-refractivity contribution in [3.63, 3.8) is 0 Å². The van der Waals surface area contributed by atoms with E-state index < -0.39 is 5.37 Å². The normalized spacial score (nSPS) is 9.48. The summed E-state index contributed by atoms with van der Waals surface area (Å²) in [6.45, 7) is 4.07. The minimum Gasteiger partial charge on any atom is -1.00 e. The van der Waals surface area contributed by atoms with Crippen molar-refractivity contribution in [2.24, 2.45) is 0 Å². The lowest BCUT2D eigenvalue weighted by Gasteiger charge is -2.03. The highest BCUT2D eigenvalue weighted by Gasteiger charge is 1.95. The van der Waals surface area contributed by atoms with Crippen LogP contribution in [0, 0.1) is 0 Å². The number of halogens is 2. The summed E-state index contributed by atoms with van der Waals surface area (Å²) >= 11 is 5.17. The van der Waals surface area contributed by atoms with Crippen LogP contribution in [0.25, 0.3) is 0 Å². The van der Waals surface area contributed by atoms with Crippen LogP contribution in [0.15, 0.2) is 30.3 Å². The van der Waals surface area contributed by atoms with Gasteiger partial charge in [0.2, 0.25) is 0 Å². The van der Waals surface area contributed by atoms with Crippen LogP contribution in [0.1, 0.15) is 89.5 Å². The van der Waals surface area contributed by atoms with Gasteiger partial charge in [0.1, 0.15) is 6.54 Å². The van der Waals surface area contributed by atoms with Gasteiger partial charge in [0.15, 0.2) is 0 Å². The average Bonchev–Trinajstić information content (AvgIpc) is 2.67. The van der Waals surface area contributed by atoms with Gasteiger partial charge in [-0.2, -0.15) is 0 Å². The van der Waals surface area contributed by atoms with Crippen molar-refractivity contribution >= 4 is 17.0 Å². The second-order valence-electron chi connectivity index (χ2n) is 7.19. The Morgan fingerprint density at radius 1 is 0.862 bits per heavy atom. The Hall–Kier alpha value is -0.810. The first-order chi connectivity index (χ1) is 13.2. The summed E-state index contributed by atoms with van der Waals surface area (Å²) in [6.07, 6.45) is 16.0. The Balaban J connectivity index is -0.000000519. The number of unbranched alkanes of at least 4 members (excludes halogenated alkanes) is 11. The molecule has 1 amide bonds. The first-order valence-corrected chi connectivity index (χ1v) is 11.3. The number of carbonyl (C=O) groups is 1. The number of rotatable bonds is 15. The van der Waals surface area contributed by atoms with E-state index in [1.54, 1.807) is 0 Å². The molecule has 29 heavy (non-hydrogen) atoms. The quantitative estimate of drug-likeness (QED) is 0.239. The summed E-state index contributed by atoms with van der Waals surface area (Å²) < 4.78 is 0. The summed E-state index contributed by atoms with van der Waals surface area (Å²) in [5.41, 5.74) is 1.39. The lowest BCUT2D eigenvalue weighted by molar-refractivity contribution is -0.643. The number of hydrogen-bond donors (Lipinski definition) is 2. The number of hydrogen-bond acceptors (Lipinski definition) is 1. The summed E-state index contributed by atoms with van der Waals surface area (Å²) in [6, 6.07) is 10.5. The van der Waals surface area contributed by atoms with Crippen LogP contribution in [0.2, 0.25) is 0 Å². The molecule has 0 spiro atoms. The molecular weight excluding hydrogens is 407 g/mol. The van der Waals surface area contributed by atoms with Crippen LogP contribution in [-0.4, -0.2) is 24.4 Å². The summed E-state index contributed by atoms with van der Waals surface area (Å²) in [5.74, 6) is 0. The molecule has 0 saturated carbocycles. The summed E-state index contributed by atoms with van der Waals surface area (Å²) in [4.78, 5) is 10.4. The van der Waals surface area contributed by atoms with Crippen LogP contribution in [0.4, 0.5) is 4.79 Å². The van der Waals surface area contributed by atoms with Gasteiger partial charge in [0.25, 0.3) is 0 Å². The third-order valence-corrected chi connectivity index (χ3v) is 4.71. The zero-order valence-corrected chi connectivity index (χ0v) is 20.0. The van der Waals surface area contributed by atoms with Gasteiger partial charge in [-0.25, -0.2) is 0 Å². The average molecular weight is 452 g/mol. The third kappa shape index (κ3) is 27.2. The molecule has 6 heteroatoms.